The highest BCUT2D eigenvalue weighted by molar-refractivity contribution is 6.31. The van der Waals surface area contributed by atoms with Gasteiger partial charge in [0.15, 0.2) is 0 Å². The maximum atomic E-state index is 11.0. The number of aliphatic hydroxyl groups is 1. The monoisotopic (exact) mass is 272 g/mol. The van der Waals surface area contributed by atoms with Gasteiger partial charge in [0, 0.05) is 13.1 Å². The summed E-state index contributed by atoms with van der Waals surface area (Å²) >= 11 is 5.73. The molecule has 0 unspecified atom stereocenters. The van der Waals surface area contributed by atoms with Gasteiger partial charge in [0.05, 0.1) is 10.5 Å². The smallest absolute Gasteiger partial charge is 0.348 e. The lowest BCUT2D eigenvalue weighted by molar-refractivity contribution is -0.384. The van der Waals surface area contributed by atoms with Gasteiger partial charge in [0.1, 0.15) is 6.33 Å². The Bertz CT molecular complexity index is 470. The van der Waals surface area contributed by atoms with E-state index in [-0.39, 0.29) is 16.7 Å². The summed E-state index contributed by atoms with van der Waals surface area (Å²) in [4.78, 5) is 19.7. The summed E-state index contributed by atoms with van der Waals surface area (Å²) in [6, 6.07) is 0. The number of nitrogens with zero attached hydrogens (tertiary/aromatic N) is 4. The van der Waals surface area contributed by atoms with E-state index in [0.717, 1.165) is 0 Å². The second-order valence-corrected chi connectivity index (χ2v) is 4.94. The minimum Gasteiger partial charge on any atom is -0.390 e. The van der Waals surface area contributed by atoms with E-state index in [1.54, 1.807) is 11.8 Å². The van der Waals surface area contributed by atoms with E-state index < -0.39 is 10.5 Å². The second-order valence-electron chi connectivity index (χ2n) is 4.58. The van der Waals surface area contributed by atoms with E-state index in [2.05, 4.69) is 9.97 Å². The fraction of sp³-hybridized carbons (Fsp3) is 0.600. The number of anilines is 1. The molecule has 0 radical (unpaired) electrons. The van der Waals surface area contributed by atoms with Gasteiger partial charge in [-0.05, 0) is 19.8 Å². The number of piperidine rings is 1. The second kappa shape index (κ2) is 4.66. The zero-order valence-electron chi connectivity index (χ0n) is 9.84. The topological polar surface area (TPSA) is 92.4 Å². The average molecular weight is 273 g/mol. The third-order valence-electron chi connectivity index (χ3n) is 3.08. The quantitative estimate of drug-likeness (QED) is 0.497. The number of hydrogen-bond acceptors (Lipinski definition) is 6. The highest BCUT2D eigenvalue weighted by Gasteiger charge is 2.32. The van der Waals surface area contributed by atoms with Gasteiger partial charge < -0.3 is 10.0 Å². The molecule has 0 aromatic carbocycles. The van der Waals surface area contributed by atoms with Crippen LogP contribution >= 0.6 is 11.6 Å². The molecule has 2 heterocycles. The lowest BCUT2D eigenvalue weighted by Gasteiger charge is -2.36. The molecule has 1 aliphatic rings. The average Bonchev–Trinajstić information content (AvgIpc) is 2.28. The minimum absolute atomic E-state index is 0.165. The summed E-state index contributed by atoms with van der Waals surface area (Å²) in [7, 11) is 0. The molecule has 1 fully saturated rings. The van der Waals surface area contributed by atoms with Crippen molar-refractivity contribution < 1.29 is 10.0 Å². The van der Waals surface area contributed by atoms with E-state index in [0.29, 0.717) is 25.9 Å². The van der Waals surface area contributed by atoms with Crippen LogP contribution in [0.3, 0.4) is 0 Å². The van der Waals surface area contributed by atoms with Crippen LogP contribution in [0.25, 0.3) is 0 Å². The molecule has 0 amide bonds. The van der Waals surface area contributed by atoms with Gasteiger partial charge in [0.2, 0.25) is 11.0 Å². The molecule has 1 aliphatic heterocycles. The fourth-order valence-corrected chi connectivity index (χ4v) is 2.13. The predicted octanol–water partition coefficient (Wildman–Crippen LogP) is 1.39. The van der Waals surface area contributed by atoms with E-state index in [1.165, 1.54) is 6.33 Å². The summed E-state index contributed by atoms with van der Waals surface area (Å²) in [5.74, 6) is 0.218. The normalized spacial score (nSPS) is 18.7. The molecule has 0 spiro atoms. The van der Waals surface area contributed by atoms with Crippen molar-refractivity contribution in [2.75, 3.05) is 18.0 Å². The van der Waals surface area contributed by atoms with Crippen molar-refractivity contribution in [1.29, 1.82) is 0 Å². The van der Waals surface area contributed by atoms with Crippen LogP contribution in [-0.2, 0) is 0 Å². The third-order valence-corrected chi connectivity index (χ3v) is 3.36. The van der Waals surface area contributed by atoms with Crippen molar-refractivity contribution >= 4 is 23.1 Å². The zero-order valence-corrected chi connectivity index (χ0v) is 10.6. The van der Waals surface area contributed by atoms with Crippen LogP contribution < -0.4 is 4.90 Å². The Balaban J connectivity index is 2.30. The van der Waals surface area contributed by atoms with Crippen molar-refractivity contribution in [3.05, 3.63) is 21.6 Å². The summed E-state index contributed by atoms with van der Waals surface area (Å²) in [5, 5.41) is 20.7. The van der Waals surface area contributed by atoms with Gasteiger partial charge in [0.25, 0.3) is 0 Å². The lowest BCUT2D eigenvalue weighted by Crippen LogP contribution is -2.43. The first-order valence-electron chi connectivity index (χ1n) is 5.53. The van der Waals surface area contributed by atoms with Crippen LogP contribution in [0, 0.1) is 10.1 Å². The number of nitro groups is 1. The fourth-order valence-electron chi connectivity index (χ4n) is 1.94. The van der Waals surface area contributed by atoms with Crippen LogP contribution in [0.1, 0.15) is 19.8 Å². The molecule has 0 aliphatic carbocycles. The van der Waals surface area contributed by atoms with E-state index in [1.807, 2.05) is 0 Å². The summed E-state index contributed by atoms with van der Waals surface area (Å²) < 4.78 is 0. The standard InChI is InChI=1S/C10H13ClN4O3/c1-10(16)2-4-14(5-3-10)9-7(15(17)18)8(11)12-6-13-9/h6,16H,2-5H2,1H3. The highest BCUT2D eigenvalue weighted by atomic mass is 35.5. The molecule has 0 bridgehead atoms. The van der Waals surface area contributed by atoms with Crippen LogP contribution in [0.2, 0.25) is 5.15 Å². The van der Waals surface area contributed by atoms with Gasteiger partial charge >= 0.3 is 5.69 Å². The predicted molar refractivity (Wildman–Crippen MR) is 65.8 cm³/mol. The first-order valence-corrected chi connectivity index (χ1v) is 5.91. The van der Waals surface area contributed by atoms with Crippen LogP contribution in [0.5, 0.6) is 0 Å². The molecule has 2 rings (SSSR count). The summed E-state index contributed by atoms with van der Waals surface area (Å²) in [6.07, 6.45) is 2.27. The first kappa shape index (κ1) is 13.0. The minimum atomic E-state index is -0.720. The van der Waals surface area contributed by atoms with E-state index in [9.17, 15) is 15.2 Å². The summed E-state index contributed by atoms with van der Waals surface area (Å²) in [6.45, 7) is 2.76. The van der Waals surface area contributed by atoms with Crippen molar-refractivity contribution in [2.24, 2.45) is 0 Å². The SMILES string of the molecule is CC1(O)CCN(c2ncnc(Cl)c2[N+](=O)[O-])CC1. The molecule has 8 heteroatoms. The maximum absolute atomic E-state index is 11.0. The molecule has 98 valence electrons. The van der Waals surface area contributed by atoms with Crippen molar-refractivity contribution in [2.45, 2.75) is 25.4 Å². The largest absolute Gasteiger partial charge is 0.390 e. The molecular weight excluding hydrogens is 260 g/mol. The molecule has 1 N–H and O–H groups in total. The molecule has 18 heavy (non-hydrogen) atoms. The molecule has 1 aromatic rings. The van der Waals surface area contributed by atoms with Crippen molar-refractivity contribution in [3.63, 3.8) is 0 Å². The Kier molecular flexibility index (Phi) is 3.36. The number of halogens is 1. The third kappa shape index (κ3) is 2.51. The van der Waals surface area contributed by atoms with Gasteiger partial charge in [-0.15, -0.1) is 0 Å². The van der Waals surface area contributed by atoms with Gasteiger partial charge in [-0.1, -0.05) is 11.6 Å². The van der Waals surface area contributed by atoms with E-state index >= 15 is 0 Å². The van der Waals surface area contributed by atoms with Crippen LogP contribution in [0.4, 0.5) is 11.5 Å². The lowest BCUT2D eigenvalue weighted by atomic mass is 9.94. The molecule has 0 saturated carbocycles. The van der Waals surface area contributed by atoms with Crippen LogP contribution in [0.15, 0.2) is 6.33 Å². The highest BCUT2D eigenvalue weighted by Crippen LogP contribution is 2.34. The van der Waals surface area contributed by atoms with Crippen molar-refractivity contribution in [1.82, 2.24) is 9.97 Å². The van der Waals surface area contributed by atoms with E-state index in [4.69, 9.17) is 11.6 Å². The van der Waals surface area contributed by atoms with Gasteiger partial charge in [-0.3, -0.25) is 10.1 Å². The molecule has 1 aromatic heterocycles. The first-order chi connectivity index (χ1) is 8.41. The Labute approximate surface area is 109 Å². The Morgan fingerprint density at radius 1 is 1.50 bits per heavy atom. The molecule has 7 nitrogen and oxygen atoms in total. The molecular formula is C10H13ClN4O3. The number of aromatic nitrogens is 2. The maximum Gasteiger partial charge on any atom is 0.348 e. The Morgan fingerprint density at radius 2 is 2.11 bits per heavy atom. The Morgan fingerprint density at radius 3 is 2.67 bits per heavy atom. The number of rotatable bonds is 2. The Hall–Kier alpha value is -1.47. The van der Waals surface area contributed by atoms with Gasteiger partial charge in [-0.2, -0.15) is 0 Å². The summed E-state index contributed by atoms with van der Waals surface area (Å²) in [5.41, 5.74) is -0.997. The number of hydrogen-bond donors (Lipinski definition) is 1. The van der Waals surface area contributed by atoms with Crippen molar-refractivity contribution in [3.8, 4) is 0 Å². The van der Waals surface area contributed by atoms with Gasteiger partial charge in [-0.25, -0.2) is 9.97 Å². The molecule has 0 atom stereocenters. The van der Waals surface area contributed by atoms with Crippen LogP contribution in [-0.4, -0.2) is 38.7 Å². The zero-order chi connectivity index (χ0) is 13.3. The molecule has 1 saturated heterocycles.